The summed E-state index contributed by atoms with van der Waals surface area (Å²) in [4.78, 5) is 12.3. The van der Waals surface area contributed by atoms with Crippen LogP contribution in [0.4, 0.5) is 19.0 Å². The number of nitrogens with zero attached hydrogens (tertiary/aromatic N) is 4. The number of benzene rings is 1. The molecular weight excluding hydrogens is 535 g/mol. The highest BCUT2D eigenvalue weighted by molar-refractivity contribution is 7.89. The Hall–Kier alpha value is -3.81. The van der Waals surface area contributed by atoms with Crippen LogP contribution >= 0.6 is 0 Å². The SMILES string of the molecule is Cc1cnc(-c2cc(-c3ccc(S(=O)(=O)N4CCC(Nc5ccc(C(F)(F)F)cn5)C(O)C4)cc3)ccn2)o1. The lowest BCUT2D eigenvalue weighted by Gasteiger charge is -2.35. The highest BCUT2D eigenvalue weighted by Crippen LogP contribution is 2.30. The smallest absolute Gasteiger partial charge is 0.417 e. The van der Waals surface area contributed by atoms with Crippen LogP contribution in [-0.2, 0) is 16.2 Å². The number of halogens is 3. The molecule has 4 aromatic rings. The molecule has 4 heterocycles. The maximum atomic E-state index is 13.3. The number of oxazole rings is 1. The van der Waals surface area contributed by atoms with Gasteiger partial charge in [0.15, 0.2) is 0 Å². The third-order valence-corrected chi connectivity index (χ3v) is 8.27. The molecule has 0 amide bonds. The molecule has 2 unspecified atom stereocenters. The number of hydrogen-bond donors (Lipinski definition) is 2. The van der Waals surface area contributed by atoms with Crippen LogP contribution in [-0.4, -0.2) is 58.0 Å². The number of anilines is 1. The van der Waals surface area contributed by atoms with E-state index in [1.165, 1.54) is 22.5 Å². The molecule has 0 radical (unpaired) electrons. The van der Waals surface area contributed by atoms with Gasteiger partial charge in [-0.3, -0.25) is 4.98 Å². The number of aliphatic hydroxyl groups excluding tert-OH is 1. The fraction of sp³-hybridized carbons (Fsp3) is 0.269. The average molecular weight is 560 g/mol. The van der Waals surface area contributed by atoms with Crippen molar-refractivity contribution in [1.29, 1.82) is 0 Å². The Kier molecular flexibility index (Phi) is 7.14. The first-order chi connectivity index (χ1) is 18.5. The van der Waals surface area contributed by atoms with Crippen LogP contribution in [0, 0.1) is 6.92 Å². The number of nitrogens with one attached hydrogen (secondary N) is 1. The van der Waals surface area contributed by atoms with E-state index in [1.807, 2.05) is 0 Å². The largest absolute Gasteiger partial charge is 0.440 e. The van der Waals surface area contributed by atoms with Crippen LogP contribution in [0.5, 0.6) is 0 Å². The molecule has 0 saturated carbocycles. The van der Waals surface area contributed by atoms with Crippen molar-refractivity contribution in [2.75, 3.05) is 18.4 Å². The van der Waals surface area contributed by atoms with Crippen molar-refractivity contribution in [1.82, 2.24) is 19.3 Å². The number of aliphatic hydroxyl groups is 1. The van der Waals surface area contributed by atoms with E-state index >= 15 is 0 Å². The van der Waals surface area contributed by atoms with Gasteiger partial charge in [0.2, 0.25) is 15.9 Å². The minimum atomic E-state index is -4.50. The van der Waals surface area contributed by atoms with Gasteiger partial charge in [0.1, 0.15) is 17.3 Å². The molecule has 2 N–H and O–H groups in total. The lowest BCUT2D eigenvalue weighted by molar-refractivity contribution is -0.137. The van der Waals surface area contributed by atoms with Gasteiger partial charge in [-0.1, -0.05) is 12.1 Å². The lowest BCUT2D eigenvalue weighted by atomic mass is 10.0. The van der Waals surface area contributed by atoms with Crippen molar-refractivity contribution in [2.24, 2.45) is 0 Å². The van der Waals surface area contributed by atoms with Gasteiger partial charge in [0.05, 0.1) is 28.8 Å². The summed E-state index contributed by atoms with van der Waals surface area (Å²) in [5.74, 6) is 1.21. The van der Waals surface area contributed by atoms with Crippen LogP contribution in [0.1, 0.15) is 17.7 Å². The van der Waals surface area contributed by atoms with Gasteiger partial charge < -0.3 is 14.8 Å². The number of alkyl halides is 3. The first kappa shape index (κ1) is 26.8. The Labute approximate surface area is 222 Å². The topological polar surface area (TPSA) is 121 Å². The Balaban J connectivity index is 1.25. The van der Waals surface area contributed by atoms with E-state index in [-0.39, 0.29) is 30.2 Å². The highest BCUT2D eigenvalue weighted by atomic mass is 32.2. The monoisotopic (exact) mass is 559 g/mol. The molecule has 1 aromatic carbocycles. The summed E-state index contributed by atoms with van der Waals surface area (Å²) in [6.07, 6.45) is -1.42. The molecule has 1 aliphatic rings. The van der Waals surface area contributed by atoms with Gasteiger partial charge in [0, 0.05) is 25.5 Å². The molecule has 5 rings (SSSR count). The molecule has 204 valence electrons. The van der Waals surface area contributed by atoms with Gasteiger partial charge in [-0.2, -0.15) is 17.5 Å². The Morgan fingerprint density at radius 2 is 1.79 bits per heavy atom. The van der Waals surface area contributed by atoms with Crippen molar-refractivity contribution < 1.29 is 31.1 Å². The molecule has 13 heteroatoms. The second-order valence-corrected chi connectivity index (χ2v) is 11.1. The molecule has 9 nitrogen and oxygen atoms in total. The lowest BCUT2D eigenvalue weighted by Crippen LogP contribution is -2.51. The van der Waals surface area contributed by atoms with Gasteiger partial charge in [-0.15, -0.1) is 0 Å². The number of sulfonamides is 1. The normalized spacial score (nSPS) is 18.7. The molecule has 0 spiro atoms. The van der Waals surface area contributed by atoms with E-state index in [1.54, 1.807) is 43.6 Å². The summed E-state index contributed by atoms with van der Waals surface area (Å²) >= 11 is 0. The second-order valence-electron chi connectivity index (χ2n) is 9.13. The Bertz CT molecular complexity index is 1560. The van der Waals surface area contributed by atoms with Crippen LogP contribution in [0.2, 0.25) is 0 Å². The third-order valence-electron chi connectivity index (χ3n) is 6.39. The zero-order valence-corrected chi connectivity index (χ0v) is 21.4. The Morgan fingerprint density at radius 1 is 1.03 bits per heavy atom. The van der Waals surface area contributed by atoms with Gasteiger partial charge in [-0.05, 0) is 60.9 Å². The summed E-state index contributed by atoms with van der Waals surface area (Å²) in [6, 6.07) is 11.5. The van der Waals surface area contributed by atoms with Crippen LogP contribution in [0.3, 0.4) is 0 Å². The summed E-state index contributed by atoms with van der Waals surface area (Å²) in [5, 5.41) is 13.5. The van der Waals surface area contributed by atoms with Crippen molar-refractivity contribution in [2.45, 2.75) is 36.6 Å². The van der Waals surface area contributed by atoms with Crippen molar-refractivity contribution in [3.63, 3.8) is 0 Å². The maximum absolute atomic E-state index is 13.3. The minimum Gasteiger partial charge on any atom is -0.440 e. The molecule has 0 aliphatic carbocycles. The molecular formula is C26H24F3N5O4S. The molecule has 1 fully saturated rings. The fourth-order valence-electron chi connectivity index (χ4n) is 4.29. The standard InChI is InChI=1S/C26H24F3N5O4S/c1-16-13-32-25(38-16)22-12-18(8-10-30-22)17-2-5-20(6-3-17)39(36,37)34-11-9-21(23(35)15-34)33-24-7-4-19(14-31-24)26(27,28)29/h2-8,10,12-14,21,23,35H,9,11,15H2,1H3,(H,31,33). The zero-order chi connectivity index (χ0) is 27.8. The van der Waals surface area contributed by atoms with E-state index in [9.17, 15) is 26.7 Å². The quantitative estimate of drug-likeness (QED) is 0.358. The number of piperidine rings is 1. The summed E-state index contributed by atoms with van der Waals surface area (Å²) in [7, 11) is -3.89. The number of rotatable bonds is 6. The number of aromatic nitrogens is 3. The van der Waals surface area contributed by atoms with Crippen LogP contribution in [0.15, 0.2) is 76.4 Å². The molecule has 0 bridgehead atoms. The fourth-order valence-corrected chi connectivity index (χ4v) is 5.77. The summed E-state index contributed by atoms with van der Waals surface area (Å²) < 4.78 is 71.5. The first-order valence-electron chi connectivity index (χ1n) is 12.0. The number of aryl methyl sites for hydroxylation is 1. The average Bonchev–Trinajstić information content (AvgIpc) is 3.36. The van der Waals surface area contributed by atoms with Crippen LogP contribution < -0.4 is 5.32 Å². The van der Waals surface area contributed by atoms with E-state index in [0.29, 0.717) is 23.5 Å². The molecule has 3 aromatic heterocycles. The summed E-state index contributed by atoms with van der Waals surface area (Å²) in [6.45, 7) is 1.72. The number of hydrogen-bond acceptors (Lipinski definition) is 8. The van der Waals surface area contributed by atoms with Crippen LogP contribution in [0.25, 0.3) is 22.7 Å². The van der Waals surface area contributed by atoms with Crippen molar-refractivity contribution in [3.05, 3.63) is 78.4 Å². The van der Waals surface area contributed by atoms with Crippen molar-refractivity contribution >= 4 is 15.8 Å². The highest BCUT2D eigenvalue weighted by Gasteiger charge is 2.35. The zero-order valence-electron chi connectivity index (χ0n) is 20.6. The number of pyridine rings is 2. The van der Waals surface area contributed by atoms with E-state index < -0.39 is 33.9 Å². The predicted molar refractivity (Wildman–Crippen MR) is 136 cm³/mol. The second kappa shape index (κ2) is 10.4. The first-order valence-corrected chi connectivity index (χ1v) is 13.4. The van der Waals surface area contributed by atoms with E-state index in [0.717, 1.165) is 17.2 Å². The summed E-state index contributed by atoms with van der Waals surface area (Å²) in [5.41, 5.74) is 1.25. The minimum absolute atomic E-state index is 0.0758. The molecule has 2 atom stereocenters. The predicted octanol–water partition coefficient (Wildman–Crippen LogP) is 4.36. The Morgan fingerprint density at radius 3 is 2.41 bits per heavy atom. The van der Waals surface area contributed by atoms with Gasteiger partial charge >= 0.3 is 6.18 Å². The van der Waals surface area contributed by atoms with Gasteiger partial charge in [-0.25, -0.2) is 18.4 Å². The van der Waals surface area contributed by atoms with Gasteiger partial charge in [0.25, 0.3) is 0 Å². The molecule has 39 heavy (non-hydrogen) atoms. The molecule has 1 aliphatic heterocycles. The maximum Gasteiger partial charge on any atom is 0.417 e. The van der Waals surface area contributed by atoms with E-state index in [2.05, 4.69) is 20.3 Å². The van der Waals surface area contributed by atoms with E-state index in [4.69, 9.17) is 4.42 Å². The van der Waals surface area contributed by atoms with Crippen molar-refractivity contribution in [3.8, 4) is 22.7 Å². The number of β-amino-alcohol motifs (C(OH)–C–C–N with tert-alkyl or cyclic N) is 1. The third kappa shape index (κ3) is 5.79. The molecule has 1 saturated heterocycles.